The van der Waals surface area contributed by atoms with Crippen LogP contribution in [0.3, 0.4) is 0 Å². The van der Waals surface area contributed by atoms with Crippen LogP contribution in [0.2, 0.25) is 0 Å². The molecule has 0 amide bonds. The normalized spacial score (nSPS) is 11.5. The van der Waals surface area contributed by atoms with Crippen LogP contribution in [-0.4, -0.2) is 32.8 Å². The summed E-state index contributed by atoms with van der Waals surface area (Å²) in [7, 11) is 1.75. The number of benzene rings is 1. The van der Waals surface area contributed by atoms with E-state index in [0.717, 1.165) is 38.5 Å². The van der Waals surface area contributed by atoms with E-state index >= 15 is 0 Å². The third kappa shape index (κ3) is 8.35. The van der Waals surface area contributed by atoms with Gasteiger partial charge in [0.15, 0.2) is 5.96 Å². The molecule has 1 aromatic carbocycles. The van der Waals surface area contributed by atoms with Crippen LogP contribution in [0.25, 0.3) is 0 Å². The molecule has 0 atom stereocenters. The lowest BCUT2D eigenvalue weighted by Crippen LogP contribution is -2.37. The third-order valence-electron chi connectivity index (χ3n) is 3.16. The number of rotatable bonds is 9. The van der Waals surface area contributed by atoms with Crippen LogP contribution in [0.15, 0.2) is 29.3 Å². The average molecular weight is 291 g/mol. The summed E-state index contributed by atoms with van der Waals surface area (Å²) in [5.74, 6) is 0.894. The molecule has 0 aliphatic rings. The molecule has 0 heterocycles. The monoisotopic (exact) mass is 291 g/mol. The Bertz CT molecular complexity index is 418. The van der Waals surface area contributed by atoms with Crippen molar-refractivity contribution in [2.45, 2.75) is 39.7 Å². The van der Waals surface area contributed by atoms with Gasteiger partial charge in [-0.25, -0.2) is 4.99 Å². The maximum atomic E-state index is 5.05. The van der Waals surface area contributed by atoms with E-state index in [4.69, 9.17) is 4.74 Å². The molecule has 1 aromatic rings. The number of unbranched alkanes of at least 4 members (excludes halogenated alkanes) is 2. The number of nitrogens with zero attached hydrogens (tertiary/aromatic N) is 1. The first kappa shape index (κ1) is 17.5. The largest absolute Gasteiger partial charge is 0.385 e. The lowest BCUT2D eigenvalue weighted by atomic mass is 10.1. The fourth-order valence-corrected chi connectivity index (χ4v) is 2.08. The molecular weight excluding hydrogens is 262 g/mol. The summed E-state index contributed by atoms with van der Waals surface area (Å²) in [5, 5.41) is 6.66. The summed E-state index contributed by atoms with van der Waals surface area (Å²) < 4.78 is 5.05. The van der Waals surface area contributed by atoms with Crippen LogP contribution >= 0.6 is 0 Å². The lowest BCUT2D eigenvalue weighted by Gasteiger charge is -2.11. The molecule has 0 fully saturated rings. The minimum Gasteiger partial charge on any atom is -0.385 e. The average Bonchev–Trinajstić information content (AvgIpc) is 2.48. The smallest absolute Gasteiger partial charge is 0.191 e. The molecule has 0 radical (unpaired) electrons. The van der Waals surface area contributed by atoms with Gasteiger partial charge in [0.2, 0.25) is 0 Å². The fourth-order valence-electron chi connectivity index (χ4n) is 2.08. The second kappa shape index (κ2) is 11.1. The first-order valence-corrected chi connectivity index (χ1v) is 7.83. The van der Waals surface area contributed by atoms with Crippen molar-refractivity contribution in [2.75, 3.05) is 26.8 Å². The summed E-state index contributed by atoms with van der Waals surface area (Å²) in [5.41, 5.74) is 2.52. The molecule has 0 saturated carbocycles. The highest BCUT2D eigenvalue weighted by Gasteiger charge is 1.98. The van der Waals surface area contributed by atoms with Crippen LogP contribution < -0.4 is 10.6 Å². The van der Waals surface area contributed by atoms with Gasteiger partial charge in [0.1, 0.15) is 0 Å². The molecule has 0 saturated heterocycles. The predicted octanol–water partition coefficient (Wildman–Crippen LogP) is 2.87. The Morgan fingerprint density at radius 2 is 2.05 bits per heavy atom. The molecule has 0 aliphatic carbocycles. The second-order valence-electron chi connectivity index (χ2n) is 5.16. The lowest BCUT2D eigenvalue weighted by molar-refractivity contribution is 0.192. The highest BCUT2D eigenvalue weighted by atomic mass is 16.5. The molecule has 21 heavy (non-hydrogen) atoms. The molecule has 0 aromatic heterocycles. The van der Waals surface area contributed by atoms with E-state index in [-0.39, 0.29) is 0 Å². The first-order valence-electron chi connectivity index (χ1n) is 7.83. The molecule has 0 bridgehead atoms. The summed E-state index contributed by atoms with van der Waals surface area (Å²) in [6.45, 7) is 7.58. The van der Waals surface area contributed by atoms with E-state index < -0.39 is 0 Å². The summed E-state index contributed by atoms with van der Waals surface area (Å²) in [6.07, 6.45) is 3.44. The Kier molecular flexibility index (Phi) is 9.29. The van der Waals surface area contributed by atoms with E-state index in [0.29, 0.717) is 6.54 Å². The van der Waals surface area contributed by atoms with E-state index in [1.807, 2.05) is 0 Å². The van der Waals surface area contributed by atoms with Crippen molar-refractivity contribution >= 4 is 5.96 Å². The third-order valence-corrected chi connectivity index (χ3v) is 3.16. The standard InChI is InChI=1S/C17H29N3O/c1-4-18-17(19-11-6-5-7-12-21-3)20-14-16-10-8-9-15(2)13-16/h8-10,13H,4-7,11-12,14H2,1-3H3,(H2,18,19,20). The predicted molar refractivity (Wildman–Crippen MR) is 89.7 cm³/mol. The van der Waals surface area contributed by atoms with Gasteiger partial charge >= 0.3 is 0 Å². The van der Waals surface area contributed by atoms with E-state index in [9.17, 15) is 0 Å². The number of methoxy groups -OCH3 is 1. The van der Waals surface area contributed by atoms with Crippen molar-refractivity contribution in [1.82, 2.24) is 10.6 Å². The number of guanidine groups is 1. The van der Waals surface area contributed by atoms with Crippen LogP contribution in [0.1, 0.15) is 37.3 Å². The topological polar surface area (TPSA) is 45.7 Å². The zero-order chi connectivity index (χ0) is 15.3. The Morgan fingerprint density at radius 3 is 2.76 bits per heavy atom. The second-order valence-corrected chi connectivity index (χ2v) is 5.16. The van der Waals surface area contributed by atoms with Gasteiger partial charge in [0.25, 0.3) is 0 Å². The molecule has 0 aliphatic heterocycles. The summed E-state index contributed by atoms with van der Waals surface area (Å²) in [4.78, 5) is 4.63. The number of hydrogen-bond donors (Lipinski definition) is 2. The molecule has 2 N–H and O–H groups in total. The zero-order valence-corrected chi connectivity index (χ0v) is 13.6. The Labute approximate surface area is 129 Å². The first-order chi connectivity index (χ1) is 10.3. The van der Waals surface area contributed by atoms with Gasteiger partial charge in [-0.05, 0) is 38.7 Å². The zero-order valence-electron chi connectivity index (χ0n) is 13.6. The van der Waals surface area contributed by atoms with Gasteiger partial charge in [-0.15, -0.1) is 0 Å². The summed E-state index contributed by atoms with van der Waals surface area (Å²) >= 11 is 0. The minimum absolute atomic E-state index is 0.709. The van der Waals surface area contributed by atoms with Crippen molar-refractivity contribution < 1.29 is 4.74 Å². The van der Waals surface area contributed by atoms with Crippen molar-refractivity contribution in [3.8, 4) is 0 Å². The molecule has 0 unspecified atom stereocenters. The molecule has 0 spiro atoms. The highest BCUT2D eigenvalue weighted by molar-refractivity contribution is 5.79. The fraction of sp³-hybridized carbons (Fsp3) is 0.588. The van der Waals surface area contributed by atoms with Gasteiger partial charge in [-0.3, -0.25) is 0 Å². The Morgan fingerprint density at radius 1 is 1.19 bits per heavy atom. The van der Waals surface area contributed by atoms with E-state index in [1.165, 1.54) is 17.5 Å². The maximum Gasteiger partial charge on any atom is 0.191 e. The number of hydrogen-bond acceptors (Lipinski definition) is 2. The molecule has 118 valence electrons. The van der Waals surface area contributed by atoms with Gasteiger partial charge in [-0.2, -0.15) is 0 Å². The molecular formula is C17H29N3O. The van der Waals surface area contributed by atoms with Crippen LogP contribution in [-0.2, 0) is 11.3 Å². The SMILES string of the molecule is CCNC(=NCc1cccc(C)c1)NCCCCCOC. The van der Waals surface area contributed by atoms with E-state index in [1.54, 1.807) is 7.11 Å². The van der Waals surface area contributed by atoms with Gasteiger partial charge < -0.3 is 15.4 Å². The number of aryl methyl sites for hydroxylation is 1. The summed E-state index contributed by atoms with van der Waals surface area (Å²) in [6, 6.07) is 8.48. The minimum atomic E-state index is 0.709. The molecule has 4 heteroatoms. The number of nitrogens with one attached hydrogen (secondary N) is 2. The Hall–Kier alpha value is -1.55. The maximum absolute atomic E-state index is 5.05. The van der Waals surface area contributed by atoms with Gasteiger partial charge in [-0.1, -0.05) is 29.8 Å². The van der Waals surface area contributed by atoms with E-state index in [2.05, 4.69) is 53.7 Å². The van der Waals surface area contributed by atoms with Crippen LogP contribution in [0.4, 0.5) is 0 Å². The quantitative estimate of drug-likeness (QED) is 0.418. The van der Waals surface area contributed by atoms with Crippen molar-refractivity contribution in [2.24, 2.45) is 4.99 Å². The number of ether oxygens (including phenoxy) is 1. The van der Waals surface area contributed by atoms with Crippen LogP contribution in [0, 0.1) is 6.92 Å². The van der Waals surface area contributed by atoms with Gasteiger partial charge in [0, 0.05) is 26.8 Å². The van der Waals surface area contributed by atoms with Crippen molar-refractivity contribution in [3.05, 3.63) is 35.4 Å². The van der Waals surface area contributed by atoms with Crippen molar-refractivity contribution in [3.63, 3.8) is 0 Å². The van der Waals surface area contributed by atoms with Crippen molar-refractivity contribution in [1.29, 1.82) is 0 Å². The van der Waals surface area contributed by atoms with Gasteiger partial charge in [0.05, 0.1) is 6.54 Å². The molecule has 4 nitrogen and oxygen atoms in total. The van der Waals surface area contributed by atoms with Crippen LogP contribution in [0.5, 0.6) is 0 Å². The molecule has 1 rings (SSSR count). The Balaban J connectivity index is 2.35. The highest BCUT2D eigenvalue weighted by Crippen LogP contribution is 2.05. The number of aliphatic imine (C=N–C) groups is 1.